The summed E-state index contributed by atoms with van der Waals surface area (Å²) in [5.74, 6) is 0.209. The van der Waals surface area contributed by atoms with Crippen LogP contribution in [0.4, 0.5) is 5.82 Å². The molecule has 0 radical (unpaired) electrons. The van der Waals surface area contributed by atoms with E-state index >= 15 is 0 Å². The first-order chi connectivity index (χ1) is 10.1. The van der Waals surface area contributed by atoms with Gasteiger partial charge >= 0.3 is 0 Å². The summed E-state index contributed by atoms with van der Waals surface area (Å²) in [4.78, 5) is 16.4. The maximum atomic E-state index is 12.4. The average Bonchev–Trinajstić information content (AvgIpc) is 2.49. The Bertz CT molecular complexity index is 816. The fourth-order valence-electron chi connectivity index (χ4n) is 2.10. The molecular formula is C16H10Cl2N2O. The zero-order valence-electron chi connectivity index (χ0n) is 10.8. The maximum Gasteiger partial charge on any atom is 0.257 e. The van der Waals surface area contributed by atoms with E-state index < -0.39 is 0 Å². The van der Waals surface area contributed by atoms with Crippen LogP contribution in [0.5, 0.6) is 0 Å². The van der Waals surface area contributed by atoms with Crippen molar-refractivity contribution in [2.24, 2.45) is 0 Å². The second-order valence-corrected chi connectivity index (χ2v) is 5.30. The van der Waals surface area contributed by atoms with Gasteiger partial charge in [-0.15, -0.1) is 0 Å². The highest BCUT2D eigenvalue weighted by atomic mass is 35.5. The van der Waals surface area contributed by atoms with Crippen LogP contribution in [0.2, 0.25) is 10.0 Å². The Balaban J connectivity index is 1.98. The Labute approximate surface area is 131 Å². The van der Waals surface area contributed by atoms with E-state index in [4.69, 9.17) is 23.2 Å². The topological polar surface area (TPSA) is 42.0 Å². The molecular weight excluding hydrogens is 307 g/mol. The summed E-state index contributed by atoms with van der Waals surface area (Å²) in [5.41, 5.74) is 0.548. The van der Waals surface area contributed by atoms with E-state index in [0.717, 1.165) is 10.8 Å². The van der Waals surface area contributed by atoms with Crippen LogP contribution in [-0.4, -0.2) is 10.9 Å². The number of carbonyl (C=O) groups is 1. The minimum Gasteiger partial charge on any atom is -0.307 e. The molecule has 0 aliphatic rings. The van der Waals surface area contributed by atoms with Crippen LogP contribution in [0, 0.1) is 0 Å². The van der Waals surface area contributed by atoms with Crippen LogP contribution >= 0.6 is 23.2 Å². The number of pyridine rings is 1. The molecule has 0 bridgehead atoms. The highest BCUT2D eigenvalue weighted by molar-refractivity contribution is 6.36. The fraction of sp³-hybridized carbons (Fsp3) is 0. The van der Waals surface area contributed by atoms with Gasteiger partial charge < -0.3 is 5.32 Å². The van der Waals surface area contributed by atoms with Gasteiger partial charge in [-0.1, -0.05) is 47.5 Å². The number of halogens is 2. The van der Waals surface area contributed by atoms with Crippen LogP contribution in [0.1, 0.15) is 10.4 Å². The third kappa shape index (κ3) is 2.84. The normalized spacial score (nSPS) is 10.6. The van der Waals surface area contributed by atoms with Crippen molar-refractivity contribution in [2.75, 3.05) is 5.32 Å². The Kier molecular flexibility index (Phi) is 3.78. The third-order valence-electron chi connectivity index (χ3n) is 3.08. The minimum atomic E-state index is -0.238. The van der Waals surface area contributed by atoms with E-state index in [1.54, 1.807) is 30.3 Å². The number of anilines is 1. The van der Waals surface area contributed by atoms with Crippen molar-refractivity contribution in [3.05, 3.63) is 70.3 Å². The molecule has 5 heteroatoms. The standard InChI is InChI=1S/C16H10Cl2N2O/c17-10-7-8-15(19-9-10)20-16(21)13-5-1-4-12-11(13)3-2-6-14(12)18/h1-9H,(H,19,20,21). The molecule has 3 aromatic rings. The Morgan fingerprint density at radius 1 is 0.952 bits per heavy atom. The molecule has 0 saturated heterocycles. The largest absolute Gasteiger partial charge is 0.307 e. The molecule has 0 saturated carbocycles. The van der Waals surface area contributed by atoms with Gasteiger partial charge in [0.15, 0.2) is 0 Å². The Morgan fingerprint density at radius 3 is 2.48 bits per heavy atom. The maximum absolute atomic E-state index is 12.4. The van der Waals surface area contributed by atoms with Gasteiger partial charge in [-0.25, -0.2) is 4.98 Å². The lowest BCUT2D eigenvalue weighted by Crippen LogP contribution is -2.13. The molecule has 0 spiro atoms. The number of hydrogen-bond donors (Lipinski definition) is 1. The molecule has 0 aliphatic heterocycles. The van der Waals surface area contributed by atoms with Gasteiger partial charge in [-0.2, -0.15) is 0 Å². The Hall–Kier alpha value is -2.10. The number of carbonyl (C=O) groups excluding carboxylic acids is 1. The molecule has 3 nitrogen and oxygen atoms in total. The number of benzene rings is 2. The molecule has 0 fully saturated rings. The van der Waals surface area contributed by atoms with E-state index in [2.05, 4.69) is 10.3 Å². The van der Waals surface area contributed by atoms with E-state index in [9.17, 15) is 4.79 Å². The van der Waals surface area contributed by atoms with Crippen LogP contribution in [0.15, 0.2) is 54.7 Å². The predicted molar refractivity (Wildman–Crippen MR) is 86.2 cm³/mol. The van der Waals surface area contributed by atoms with Crippen molar-refractivity contribution < 1.29 is 4.79 Å². The first kappa shape index (κ1) is 13.9. The minimum absolute atomic E-state index is 0.238. The summed E-state index contributed by atoms with van der Waals surface area (Å²) >= 11 is 11.9. The zero-order valence-corrected chi connectivity index (χ0v) is 12.3. The number of nitrogens with zero attached hydrogens (tertiary/aromatic N) is 1. The fourth-order valence-corrected chi connectivity index (χ4v) is 2.45. The number of fused-ring (bicyclic) bond motifs is 1. The number of rotatable bonds is 2. The first-order valence-corrected chi connectivity index (χ1v) is 7.01. The number of amides is 1. The molecule has 0 aliphatic carbocycles. The van der Waals surface area contributed by atoms with E-state index in [1.807, 2.05) is 18.2 Å². The van der Waals surface area contributed by atoms with Gasteiger partial charge in [0.2, 0.25) is 0 Å². The van der Waals surface area contributed by atoms with Gasteiger partial charge in [-0.3, -0.25) is 4.79 Å². The van der Waals surface area contributed by atoms with Crippen molar-refractivity contribution >= 4 is 45.7 Å². The lowest BCUT2D eigenvalue weighted by molar-refractivity contribution is 0.102. The summed E-state index contributed by atoms with van der Waals surface area (Å²) in [7, 11) is 0. The van der Waals surface area contributed by atoms with E-state index in [1.165, 1.54) is 6.20 Å². The van der Waals surface area contributed by atoms with Crippen molar-refractivity contribution in [3.63, 3.8) is 0 Å². The lowest BCUT2D eigenvalue weighted by atomic mass is 10.0. The van der Waals surface area contributed by atoms with Crippen LogP contribution in [0.25, 0.3) is 10.8 Å². The van der Waals surface area contributed by atoms with Crippen molar-refractivity contribution in [1.29, 1.82) is 0 Å². The van der Waals surface area contributed by atoms with Gasteiger partial charge in [0.1, 0.15) is 5.82 Å². The van der Waals surface area contributed by atoms with Crippen molar-refractivity contribution in [3.8, 4) is 0 Å². The molecule has 21 heavy (non-hydrogen) atoms. The van der Waals surface area contributed by atoms with E-state index in [0.29, 0.717) is 21.4 Å². The van der Waals surface area contributed by atoms with Crippen LogP contribution < -0.4 is 5.32 Å². The molecule has 3 rings (SSSR count). The average molecular weight is 317 g/mol. The summed E-state index contributed by atoms with van der Waals surface area (Å²) in [6.45, 7) is 0. The van der Waals surface area contributed by atoms with Gasteiger partial charge in [-0.05, 0) is 29.7 Å². The molecule has 0 unspecified atom stereocenters. The summed E-state index contributed by atoms with van der Waals surface area (Å²) in [6, 6.07) is 14.2. The molecule has 2 aromatic carbocycles. The molecule has 1 N–H and O–H groups in total. The summed E-state index contributed by atoms with van der Waals surface area (Å²) < 4.78 is 0. The van der Waals surface area contributed by atoms with Crippen molar-refractivity contribution in [1.82, 2.24) is 4.98 Å². The van der Waals surface area contributed by atoms with Gasteiger partial charge in [0.05, 0.1) is 5.02 Å². The monoisotopic (exact) mass is 316 g/mol. The third-order valence-corrected chi connectivity index (χ3v) is 3.64. The van der Waals surface area contributed by atoms with Gasteiger partial charge in [0, 0.05) is 22.2 Å². The summed E-state index contributed by atoms with van der Waals surface area (Å²) in [5, 5.41) is 5.53. The predicted octanol–water partition coefficient (Wildman–Crippen LogP) is 4.79. The quantitative estimate of drug-likeness (QED) is 0.738. The molecule has 1 amide bonds. The van der Waals surface area contributed by atoms with Crippen LogP contribution in [0.3, 0.4) is 0 Å². The molecule has 1 heterocycles. The number of aromatic nitrogens is 1. The summed E-state index contributed by atoms with van der Waals surface area (Å²) in [6.07, 6.45) is 1.48. The van der Waals surface area contributed by atoms with Crippen LogP contribution in [-0.2, 0) is 0 Å². The second kappa shape index (κ2) is 5.72. The number of hydrogen-bond acceptors (Lipinski definition) is 2. The zero-order chi connectivity index (χ0) is 14.8. The lowest BCUT2D eigenvalue weighted by Gasteiger charge is -2.08. The Morgan fingerprint density at radius 2 is 1.71 bits per heavy atom. The highest BCUT2D eigenvalue weighted by Crippen LogP contribution is 2.26. The molecule has 104 valence electrons. The van der Waals surface area contributed by atoms with Crippen molar-refractivity contribution in [2.45, 2.75) is 0 Å². The SMILES string of the molecule is O=C(Nc1ccc(Cl)cn1)c1cccc2c(Cl)cccc12. The van der Waals surface area contributed by atoms with Gasteiger partial charge in [0.25, 0.3) is 5.91 Å². The smallest absolute Gasteiger partial charge is 0.257 e. The highest BCUT2D eigenvalue weighted by Gasteiger charge is 2.11. The number of nitrogens with one attached hydrogen (secondary N) is 1. The first-order valence-electron chi connectivity index (χ1n) is 6.25. The molecule has 1 aromatic heterocycles. The van der Waals surface area contributed by atoms with E-state index in [-0.39, 0.29) is 5.91 Å². The molecule has 0 atom stereocenters. The second-order valence-electron chi connectivity index (χ2n) is 4.46.